The molecule has 1 atom stereocenters. The van der Waals surface area contributed by atoms with E-state index in [2.05, 4.69) is 4.74 Å². The molecular formula is C10H19NO5. The van der Waals surface area contributed by atoms with Crippen molar-refractivity contribution in [2.45, 2.75) is 38.5 Å². The quantitative estimate of drug-likeness (QED) is 0.551. The van der Waals surface area contributed by atoms with Crippen LogP contribution in [0.15, 0.2) is 0 Å². The number of carbonyl (C=O) groups is 2. The lowest BCUT2D eigenvalue weighted by Crippen LogP contribution is -2.52. The van der Waals surface area contributed by atoms with Gasteiger partial charge in [-0.3, -0.25) is 10.5 Å². The Hall–Kier alpha value is -1.14. The molecule has 0 saturated carbocycles. The van der Waals surface area contributed by atoms with Gasteiger partial charge in [0.1, 0.15) is 5.60 Å². The van der Waals surface area contributed by atoms with E-state index in [1.165, 1.54) is 7.11 Å². The monoisotopic (exact) mass is 233 g/mol. The number of esters is 2. The largest absolute Gasteiger partial charge is 0.466 e. The fraction of sp³-hybridized carbons (Fsp3) is 0.800. The first kappa shape index (κ1) is 14.9. The summed E-state index contributed by atoms with van der Waals surface area (Å²) in [6, 6.07) is 0. The Morgan fingerprint density at radius 1 is 1.19 bits per heavy atom. The van der Waals surface area contributed by atoms with Crippen molar-refractivity contribution in [3.8, 4) is 0 Å². The van der Waals surface area contributed by atoms with E-state index >= 15 is 0 Å². The van der Waals surface area contributed by atoms with Gasteiger partial charge in [-0.25, -0.2) is 4.79 Å². The van der Waals surface area contributed by atoms with Gasteiger partial charge in [0.25, 0.3) is 0 Å². The van der Waals surface area contributed by atoms with Gasteiger partial charge in [0.05, 0.1) is 13.5 Å². The molecule has 0 heterocycles. The van der Waals surface area contributed by atoms with Crippen molar-refractivity contribution < 1.29 is 23.8 Å². The van der Waals surface area contributed by atoms with Crippen LogP contribution in [0.4, 0.5) is 0 Å². The van der Waals surface area contributed by atoms with Gasteiger partial charge in [-0.1, -0.05) is 0 Å². The number of nitrogens with two attached hydrogens (primary N) is 1. The first-order chi connectivity index (χ1) is 7.14. The fourth-order valence-electron chi connectivity index (χ4n) is 0.992. The number of methoxy groups -OCH3 is 2. The topological polar surface area (TPSA) is 87.9 Å². The van der Waals surface area contributed by atoms with E-state index in [0.29, 0.717) is 0 Å². The Morgan fingerprint density at radius 3 is 2.00 bits per heavy atom. The molecule has 0 saturated heterocycles. The predicted molar refractivity (Wildman–Crippen MR) is 56.4 cm³/mol. The van der Waals surface area contributed by atoms with E-state index in [1.54, 1.807) is 20.8 Å². The summed E-state index contributed by atoms with van der Waals surface area (Å²) in [7, 11) is 2.39. The molecule has 0 aromatic heterocycles. The summed E-state index contributed by atoms with van der Waals surface area (Å²) < 4.78 is 14.2. The van der Waals surface area contributed by atoms with Crippen molar-refractivity contribution in [3.63, 3.8) is 0 Å². The highest BCUT2D eigenvalue weighted by Crippen LogP contribution is 2.15. The van der Waals surface area contributed by atoms with Crippen LogP contribution in [0.3, 0.4) is 0 Å². The number of hydrogen-bond acceptors (Lipinski definition) is 6. The van der Waals surface area contributed by atoms with Gasteiger partial charge in [-0.15, -0.1) is 0 Å². The smallest absolute Gasteiger partial charge is 0.353 e. The molecule has 0 spiro atoms. The summed E-state index contributed by atoms with van der Waals surface area (Å²) in [5.74, 6) is -1.44. The minimum absolute atomic E-state index is 0.395. The molecule has 0 radical (unpaired) electrons. The molecule has 0 amide bonds. The normalized spacial score (nSPS) is 15.1. The lowest BCUT2D eigenvalue weighted by Gasteiger charge is -2.26. The van der Waals surface area contributed by atoms with E-state index in [4.69, 9.17) is 15.2 Å². The molecule has 0 aliphatic rings. The second-order valence-electron chi connectivity index (χ2n) is 4.35. The zero-order valence-corrected chi connectivity index (χ0v) is 10.3. The summed E-state index contributed by atoms with van der Waals surface area (Å²) >= 11 is 0. The van der Waals surface area contributed by atoms with E-state index in [9.17, 15) is 9.59 Å². The van der Waals surface area contributed by atoms with E-state index < -0.39 is 29.7 Å². The molecule has 0 bridgehead atoms. The summed E-state index contributed by atoms with van der Waals surface area (Å²) in [5, 5.41) is 0. The molecule has 1 unspecified atom stereocenters. The van der Waals surface area contributed by atoms with Crippen LogP contribution in [-0.4, -0.2) is 37.5 Å². The van der Waals surface area contributed by atoms with Crippen LogP contribution in [0.25, 0.3) is 0 Å². The van der Waals surface area contributed by atoms with Crippen molar-refractivity contribution in [1.82, 2.24) is 0 Å². The van der Waals surface area contributed by atoms with Crippen LogP contribution in [0, 0.1) is 0 Å². The fourth-order valence-corrected chi connectivity index (χ4v) is 0.992. The van der Waals surface area contributed by atoms with Crippen molar-refractivity contribution in [1.29, 1.82) is 0 Å². The van der Waals surface area contributed by atoms with Gasteiger partial charge in [0, 0.05) is 7.11 Å². The molecule has 0 rings (SSSR count). The van der Waals surface area contributed by atoms with Crippen LogP contribution < -0.4 is 5.73 Å². The van der Waals surface area contributed by atoms with Gasteiger partial charge in [-0.05, 0) is 20.8 Å². The Kier molecular flexibility index (Phi) is 4.89. The number of carbonyl (C=O) groups excluding carboxylic acids is 2. The minimum Gasteiger partial charge on any atom is -0.466 e. The number of rotatable bonds is 4. The summed E-state index contributed by atoms with van der Waals surface area (Å²) in [4.78, 5) is 22.7. The maximum atomic E-state index is 11.5. The molecule has 0 aliphatic carbocycles. The van der Waals surface area contributed by atoms with Crippen LogP contribution in [0.2, 0.25) is 0 Å². The minimum atomic E-state index is -1.79. The van der Waals surface area contributed by atoms with Crippen molar-refractivity contribution in [3.05, 3.63) is 0 Å². The highest BCUT2D eigenvalue weighted by molar-refractivity contribution is 5.85. The standard InChI is InChI=1S/C10H19NO5/c1-9(2,3)16-7(12)6-10(11,15-5)8(13)14-4/h6,11H2,1-5H3. The molecule has 0 aliphatic heterocycles. The Morgan fingerprint density at radius 2 is 1.69 bits per heavy atom. The first-order valence-corrected chi connectivity index (χ1v) is 4.79. The molecule has 0 aromatic rings. The van der Waals surface area contributed by atoms with Gasteiger partial charge in [0.15, 0.2) is 0 Å². The number of hydrogen-bond donors (Lipinski definition) is 1. The van der Waals surface area contributed by atoms with E-state index in [1.807, 2.05) is 0 Å². The molecule has 0 fully saturated rings. The lowest BCUT2D eigenvalue weighted by molar-refractivity contribution is -0.177. The van der Waals surface area contributed by atoms with Gasteiger partial charge in [0.2, 0.25) is 5.72 Å². The van der Waals surface area contributed by atoms with Crippen LogP contribution in [-0.2, 0) is 23.8 Å². The summed E-state index contributed by atoms with van der Waals surface area (Å²) in [6.07, 6.45) is -0.395. The molecule has 0 aromatic carbocycles. The summed E-state index contributed by atoms with van der Waals surface area (Å²) in [6.45, 7) is 5.15. The third kappa shape index (κ3) is 4.59. The highest BCUT2D eigenvalue weighted by atomic mass is 16.6. The zero-order chi connectivity index (χ0) is 13.0. The lowest BCUT2D eigenvalue weighted by atomic mass is 10.1. The second-order valence-corrected chi connectivity index (χ2v) is 4.35. The highest BCUT2D eigenvalue weighted by Gasteiger charge is 2.39. The number of ether oxygens (including phenoxy) is 3. The molecule has 6 heteroatoms. The van der Waals surface area contributed by atoms with Crippen LogP contribution in [0.1, 0.15) is 27.2 Å². The zero-order valence-electron chi connectivity index (χ0n) is 10.3. The Balaban J connectivity index is 4.55. The molecular weight excluding hydrogens is 214 g/mol. The Labute approximate surface area is 95.0 Å². The third-order valence-electron chi connectivity index (χ3n) is 1.72. The molecule has 16 heavy (non-hydrogen) atoms. The third-order valence-corrected chi connectivity index (χ3v) is 1.72. The van der Waals surface area contributed by atoms with Crippen molar-refractivity contribution in [2.24, 2.45) is 5.73 Å². The molecule has 94 valence electrons. The average molecular weight is 233 g/mol. The average Bonchev–Trinajstić information content (AvgIpc) is 2.13. The maximum Gasteiger partial charge on any atom is 0.353 e. The molecule has 6 nitrogen and oxygen atoms in total. The summed E-state index contributed by atoms with van der Waals surface area (Å²) in [5.41, 5.74) is 3.14. The van der Waals surface area contributed by atoms with Crippen LogP contribution in [0.5, 0.6) is 0 Å². The van der Waals surface area contributed by atoms with Crippen molar-refractivity contribution in [2.75, 3.05) is 14.2 Å². The maximum absolute atomic E-state index is 11.5. The predicted octanol–water partition coefficient (Wildman–Crippen LogP) is 0.193. The first-order valence-electron chi connectivity index (χ1n) is 4.79. The van der Waals surface area contributed by atoms with Crippen molar-refractivity contribution >= 4 is 11.9 Å². The second kappa shape index (κ2) is 5.27. The van der Waals surface area contributed by atoms with E-state index in [0.717, 1.165) is 7.11 Å². The van der Waals surface area contributed by atoms with Gasteiger partial charge >= 0.3 is 11.9 Å². The van der Waals surface area contributed by atoms with E-state index in [-0.39, 0.29) is 0 Å². The SMILES string of the molecule is COC(=O)C(N)(CC(=O)OC(C)(C)C)OC. The van der Waals surface area contributed by atoms with Crippen LogP contribution >= 0.6 is 0 Å². The Bertz CT molecular complexity index is 271. The van der Waals surface area contributed by atoms with Gasteiger partial charge < -0.3 is 14.2 Å². The van der Waals surface area contributed by atoms with Gasteiger partial charge in [-0.2, -0.15) is 0 Å². The molecule has 2 N–H and O–H groups in total.